The molecule has 0 aliphatic rings. The van der Waals surface area contributed by atoms with Crippen LogP contribution in [-0.2, 0) is 11.3 Å². The molecule has 0 bridgehead atoms. The Bertz CT molecular complexity index is 497. The first-order valence-corrected chi connectivity index (χ1v) is 5.55. The summed E-state index contributed by atoms with van der Waals surface area (Å²) in [5.41, 5.74) is 2.01. The van der Waals surface area contributed by atoms with E-state index in [2.05, 4.69) is 5.32 Å². The van der Waals surface area contributed by atoms with Crippen molar-refractivity contribution in [2.45, 2.75) is 13.5 Å². The van der Waals surface area contributed by atoms with Crippen molar-refractivity contribution in [1.29, 1.82) is 0 Å². The monoisotopic (exact) mass is 263 g/mol. The van der Waals surface area contributed by atoms with Crippen molar-refractivity contribution in [2.75, 3.05) is 5.32 Å². The molecule has 1 N–H and O–H groups in total. The number of carbonyl (C=O) groups excluding carboxylic acids is 1. The molecule has 1 heterocycles. The summed E-state index contributed by atoms with van der Waals surface area (Å²) in [7, 11) is 0. The number of aromatic nitrogens is 1. The third-order valence-corrected chi connectivity index (χ3v) is 2.44. The smallest absolute Gasteiger partial charge is 0.290 e. The summed E-state index contributed by atoms with van der Waals surface area (Å²) in [6, 6.07) is 13.4. The Labute approximate surface area is 113 Å². The van der Waals surface area contributed by atoms with E-state index in [4.69, 9.17) is 0 Å². The molecule has 2 rings (SSSR count). The number of anilines is 1. The number of amides is 1. The number of nitrogens with zero attached hydrogens (tertiary/aromatic N) is 1. The van der Waals surface area contributed by atoms with E-state index in [9.17, 15) is 4.79 Å². The van der Waals surface area contributed by atoms with Gasteiger partial charge in [-0.2, -0.15) is 4.57 Å². The maximum absolute atomic E-state index is 11.7. The molecule has 0 radical (unpaired) electrons. The van der Waals surface area contributed by atoms with Gasteiger partial charge in [-0.3, -0.25) is 4.79 Å². The lowest BCUT2D eigenvalue weighted by Crippen LogP contribution is -2.39. The van der Waals surface area contributed by atoms with Gasteiger partial charge in [0.2, 0.25) is 6.54 Å². The Morgan fingerprint density at radius 3 is 2.33 bits per heavy atom. The van der Waals surface area contributed by atoms with Crippen LogP contribution in [-0.4, -0.2) is 5.91 Å². The summed E-state index contributed by atoms with van der Waals surface area (Å²) in [5, 5.41) is 2.85. The summed E-state index contributed by atoms with van der Waals surface area (Å²) >= 11 is 0. The number of rotatable bonds is 3. The lowest BCUT2D eigenvalue weighted by Gasteiger charge is -2.02. The lowest BCUT2D eigenvalue weighted by molar-refractivity contribution is -0.684. The van der Waals surface area contributed by atoms with Gasteiger partial charge in [0.1, 0.15) is 0 Å². The van der Waals surface area contributed by atoms with E-state index in [0.717, 1.165) is 5.69 Å². The van der Waals surface area contributed by atoms with Crippen LogP contribution in [0, 0.1) is 6.92 Å². The maximum Gasteiger partial charge on any atom is 0.290 e. The van der Waals surface area contributed by atoms with Gasteiger partial charge in [0.05, 0.1) is 0 Å². The molecule has 4 heteroatoms. The zero-order valence-electron chi connectivity index (χ0n) is 10.2. The molecule has 1 aromatic carbocycles. The fourth-order valence-corrected chi connectivity index (χ4v) is 1.53. The van der Waals surface area contributed by atoms with Crippen molar-refractivity contribution in [3.05, 3.63) is 60.4 Å². The third-order valence-electron chi connectivity index (χ3n) is 2.44. The minimum Gasteiger partial charge on any atom is -0.321 e. The molecule has 0 spiro atoms. The van der Waals surface area contributed by atoms with Crippen LogP contribution in [0.3, 0.4) is 0 Å². The van der Waals surface area contributed by atoms with E-state index in [0.29, 0.717) is 6.54 Å². The number of benzene rings is 1. The Balaban J connectivity index is 0.00000162. The van der Waals surface area contributed by atoms with Crippen molar-refractivity contribution in [3.8, 4) is 0 Å². The van der Waals surface area contributed by atoms with Crippen LogP contribution in [0.5, 0.6) is 0 Å². The minimum absolute atomic E-state index is 0. The largest absolute Gasteiger partial charge is 0.321 e. The van der Waals surface area contributed by atoms with Crippen LogP contribution >= 0.6 is 12.4 Å². The highest BCUT2D eigenvalue weighted by Gasteiger charge is 2.08. The first kappa shape index (κ1) is 14.2. The molecule has 0 saturated carbocycles. The highest BCUT2D eigenvalue weighted by atomic mass is 35.5. The van der Waals surface area contributed by atoms with Gasteiger partial charge in [0, 0.05) is 17.8 Å². The Kier molecular flexibility index (Phi) is 5.33. The second-order valence-electron chi connectivity index (χ2n) is 3.96. The zero-order valence-corrected chi connectivity index (χ0v) is 11.0. The molecule has 0 atom stereocenters. The molecule has 0 aliphatic heterocycles. The second-order valence-corrected chi connectivity index (χ2v) is 3.96. The van der Waals surface area contributed by atoms with Gasteiger partial charge in [-0.1, -0.05) is 18.2 Å². The number of pyridine rings is 1. The van der Waals surface area contributed by atoms with Crippen LogP contribution in [0.1, 0.15) is 5.56 Å². The Morgan fingerprint density at radius 1 is 1.11 bits per heavy atom. The number of para-hydroxylation sites is 1. The van der Waals surface area contributed by atoms with E-state index in [1.165, 1.54) is 5.56 Å². The predicted octanol–water partition coefficient (Wildman–Crippen LogP) is 2.34. The molecule has 0 fully saturated rings. The zero-order chi connectivity index (χ0) is 12.1. The SMILES string of the molecule is Cc1cc[n+](CC(=O)Nc2ccccc2)cc1.Cl. The van der Waals surface area contributed by atoms with E-state index in [1.54, 1.807) is 0 Å². The van der Waals surface area contributed by atoms with Crippen LogP contribution < -0.4 is 9.88 Å². The molecule has 18 heavy (non-hydrogen) atoms. The summed E-state index contributed by atoms with van der Waals surface area (Å²) in [4.78, 5) is 11.7. The van der Waals surface area contributed by atoms with Crippen molar-refractivity contribution in [1.82, 2.24) is 0 Å². The minimum atomic E-state index is -0.0231. The second kappa shape index (κ2) is 6.77. The van der Waals surface area contributed by atoms with Gasteiger partial charge in [0.25, 0.3) is 5.91 Å². The number of nitrogens with one attached hydrogen (secondary N) is 1. The first-order valence-electron chi connectivity index (χ1n) is 5.55. The average Bonchev–Trinajstić information content (AvgIpc) is 2.33. The average molecular weight is 264 g/mol. The number of hydrogen-bond donors (Lipinski definition) is 1. The van der Waals surface area contributed by atoms with E-state index < -0.39 is 0 Å². The summed E-state index contributed by atoms with van der Waals surface area (Å²) < 4.78 is 1.85. The van der Waals surface area contributed by atoms with Crippen molar-refractivity contribution >= 4 is 24.0 Å². The topological polar surface area (TPSA) is 33.0 Å². The van der Waals surface area contributed by atoms with Gasteiger partial charge in [-0.05, 0) is 24.6 Å². The lowest BCUT2D eigenvalue weighted by atomic mass is 10.3. The van der Waals surface area contributed by atoms with Crippen molar-refractivity contribution in [3.63, 3.8) is 0 Å². The number of hydrogen-bond acceptors (Lipinski definition) is 1. The molecule has 3 nitrogen and oxygen atoms in total. The molecule has 94 valence electrons. The van der Waals surface area contributed by atoms with E-state index in [1.807, 2.05) is 66.3 Å². The van der Waals surface area contributed by atoms with E-state index >= 15 is 0 Å². The normalized spacial score (nSPS) is 9.39. The molecule has 0 aliphatic carbocycles. The molecular formula is C14H16ClN2O+. The van der Waals surface area contributed by atoms with Gasteiger partial charge in [-0.15, -0.1) is 12.4 Å². The molecule has 0 saturated heterocycles. The van der Waals surface area contributed by atoms with Crippen LogP contribution in [0.15, 0.2) is 54.9 Å². The van der Waals surface area contributed by atoms with Crippen LogP contribution in [0.25, 0.3) is 0 Å². The van der Waals surface area contributed by atoms with Gasteiger partial charge >= 0.3 is 0 Å². The fourth-order valence-electron chi connectivity index (χ4n) is 1.53. The third kappa shape index (κ3) is 4.18. The van der Waals surface area contributed by atoms with Gasteiger partial charge in [0.15, 0.2) is 12.4 Å². The number of halogens is 1. The van der Waals surface area contributed by atoms with Crippen LogP contribution in [0.4, 0.5) is 5.69 Å². The summed E-state index contributed by atoms with van der Waals surface area (Å²) in [6.07, 6.45) is 3.81. The maximum atomic E-state index is 11.7. The fraction of sp³-hybridized carbons (Fsp3) is 0.143. The van der Waals surface area contributed by atoms with Crippen LogP contribution in [0.2, 0.25) is 0 Å². The number of carbonyl (C=O) groups is 1. The molecule has 0 unspecified atom stereocenters. The van der Waals surface area contributed by atoms with Crippen molar-refractivity contribution < 1.29 is 9.36 Å². The molecular weight excluding hydrogens is 248 g/mol. The molecule has 1 amide bonds. The van der Waals surface area contributed by atoms with Gasteiger partial charge in [-0.25, -0.2) is 0 Å². The first-order chi connectivity index (χ1) is 8.24. The van der Waals surface area contributed by atoms with Gasteiger partial charge < -0.3 is 5.32 Å². The Hall–Kier alpha value is -1.87. The summed E-state index contributed by atoms with van der Waals surface area (Å²) in [5.74, 6) is -0.0231. The highest BCUT2D eigenvalue weighted by Crippen LogP contribution is 2.04. The Morgan fingerprint density at radius 2 is 1.72 bits per heavy atom. The standard InChI is InChI=1S/C14H14N2O.ClH/c1-12-7-9-16(10-8-12)11-14(17)15-13-5-3-2-4-6-13;/h2-10H,11H2,1H3;1H/p+1. The van der Waals surface area contributed by atoms with Crippen molar-refractivity contribution in [2.24, 2.45) is 0 Å². The quantitative estimate of drug-likeness (QED) is 0.848. The van der Waals surface area contributed by atoms with E-state index in [-0.39, 0.29) is 18.3 Å². The molecule has 1 aromatic heterocycles. The predicted molar refractivity (Wildman–Crippen MR) is 73.7 cm³/mol. The summed E-state index contributed by atoms with van der Waals surface area (Å²) in [6.45, 7) is 2.35. The number of aryl methyl sites for hydroxylation is 1. The molecule has 2 aromatic rings. The highest BCUT2D eigenvalue weighted by molar-refractivity contribution is 5.89.